The summed E-state index contributed by atoms with van der Waals surface area (Å²) in [5.74, 6) is -2.00. The molecule has 2 fully saturated rings. The summed E-state index contributed by atoms with van der Waals surface area (Å²) in [7, 11) is 4.33. The fourth-order valence-corrected chi connectivity index (χ4v) is 4.43. The van der Waals surface area contributed by atoms with Crippen LogP contribution in [0.2, 0.25) is 0 Å². The van der Waals surface area contributed by atoms with E-state index in [1.165, 1.54) is 14.2 Å². The van der Waals surface area contributed by atoms with Gasteiger partial charge in [0, 0.05) is 18.7 Å². The van der Waals surface area contributed by atoms with Crippen LogP contribution in [-0.4, -0.2) is 49.5 Å². The number of hydrogen-bond acceptors (Lipinski definition) is 6. The summed E-state index contributed by atoms with van der Waals surface area (Å²) in [6.07, 6.45) is 1.06. The zero-order valence-electron chi connectivity index (χ0n) is 15.4. The molecule has 2 aliphatic heterocycles. The maximum atomic E-state index is 12.9. The molecule has 2 saturated heterocycles. The number of hydrogen-bond donors (Lipinski definition) is 1. The minimum atomic E-state index is -1.23. The van der Waals surface area contributed by atoms with Crippen molar-refractivity contribution in [1.82, 2.24) is 10.2 Å². The quantitative estimate of drug-likeness (QED) is 0.629. The first kappa shape index (κ1) is 18.4. The molecular weight excluding hydrogens is 336 g/mol. The van der Waals surface area contributed by atoms with E-state index >= 15 is 0 Å². The van der Waals surface area contributed by atoms with E-state index in [1.807, 2.05) is 25.1 Å². The van der Waals surface area contributed by atoms with Crippen LogP contribution in [0.25, 0.3) is 0 Å². The second kappa shape index (κ2) is 6.72. The number of carbonyl (C=O) groups is 3. The molecule has 0 bridgehead atoms. The molecule has 7 nitrogen and oxygen atoms in total. The number of rotatable bonds is 5. The number of methoxy groups -OCH3 is 2. The molecular formula is C19H24N2O5. The third-order valence-electron chi connectivity index (χ3n) is 5.54. The fourth-order valence-electron chi connectivity index (χ4n) is 4.43. The SMILES string of the molecule is CCC[C@]1(C(=O)OC)N[C@H](c2ccccc2OC)[C@@H]2C(=O)N(C)C(=O)[C@@H]21. The van der Waals surface area contributed by atoms with E-state index in [0.717, 1.165) is 10.5 Å². The maximum absolute atomic E-state index is 12.9. The van der Waals surface area contributed by atoms with Gasteiger partial charge in [0.05, 0.1) is 26.1 Å². The molecule has 3 rings (SSSR count). The van der Waals surface area contributed by atoms with Crippen molar-refractivity contribution in [2.24, 2.45) is 11.8 Å². The topological polar surface area (TPSA) is 84.9 Å². The van der Waals surface area contributed by atoms with Gasteiger partial charge >= 0.3 is 5.97 Å². The molecule has 1 N–H and O–H groups in total. The van der Waals surface area contributed by atoms with Crippen molar-refractivity contribution in [2.75, 3.05) is 21.3 Å². The number of likely N-dealkylation sites (tertiary alicyclic amines) is 1. The maximum Gasteiger partial charge on any atom is 0.326 e. The number of imide groups is 1. The lowest BCUT2D eigenvalue weighted by Gasteiger charge is -2.32. The summed E-state index contributed by atoms with van der Waals surface area (Å²) in [5, 5.41) is 3.31. The van der Waals surface area contributed by atoms with Gasteiger partial charge in [0.1, 0.15) is 11.3 Å². The number of nitrogens with one attached hydrogen (secondary N) is 1. The lowest BCUT2D eigenvalue weighted by Crippen LogP contribution is -2.56. The molecule has 26 heavy (non-hydrogen) atoms. The average Bonchev–Trinajstić information content (AvgIpc) is 3.11. The molecule has 140 valence electrons. The van der Waals surface area contributed by atoms with Crippen LogP contribution in [0.1, 0.15) is 31.4 Å². The third-order valence-corrected chi connectivity index (χ3v) is 5.54. The van der Waals surface area contributed by atoms with Crippen LogP contribution in [0.15, 0.2) is 24.3 Å². The highest BCUT2D eigenvalue weighted by molar-refractivity contribution is 6.09. The molecule has 0 unspecified atom stereocenters. The molecule has 0 radical (unpaired) electrons. The number of esters is 1. The fraction of sp³-hybridized carbons (Fsp3) is 0.526. The van der Waals surface area contributed by atoms with Crippen LogP contribution in [0.5, 0.6) is 5.75 Å². The Balaban J connectivity index is 2.17. The molecule has 0 aromatic heterocycles. The Labute approximate surface area is 152 Å². The monoisotopic (exact) mass is 360 g/mol. The molecule has 7 heteroatoms. The van der Waals surface area contributed by atoms with Gasteiger partial charge in [-0.3, -0.25) is 24.6 Å². The molecule has 0 aliphatic carbocycles. The Kier molecular flexibility index (Phi) is 4.75. The Morgan fingerprint density at radius 3 is 2.54 bits per heavy atom. The number of para-hydroxylation sites is 1. The summed E-state index contributed by atoms with van der Waals surface area (Å²) in [4.78, 5) is 39.6. The molecule has 0 spiro atoms. The van der Waals surface area contributed by atoms with E-state index in [2.05, 4.69) is 5.32 Å². The first-order chi connectivity index (χ1) is 12.4. The molecule has 4 atom stereocenters. The van der Waals surface area contributed by atoms with Gasteiger partial charge in [-0.25, -0.2) is 0 Å². The lowest BCUT2D eigenvalue weighted by molar-refractivity contribution is -0.154. The van der Waals surface area contributed by atoms with Crippen LogP contribution >= 0.6 is 0 Å². The van der Waals surface area contributed by atoms with Gasteiger partial charge < -0.3 is 9.47 Å². The second-order valence-corrected chi connectivity index (χ2v) is 6.82. The van der Waals surface area contributed by atoms with Crippen LogP contribution in [0.3, 0.4) is 0 Å². The number of carbonyl (C=O) groups excluding carboxylic acids is 3. The number of benzene rings is 1. The Morgan fingerprint density at radius 1 is 1.23 bits per heavy atom. The molecule has 2 heterocycles. The predicted molar refractivity (Wildman–Crippen MR) is 93.3 cm³/mol. The Morgan fingerprint density at radius 2 is 1.92 bits per heavy atom. The summed E-state index contributed by atoms with van der Waals surface area (Å²) in [6, 6.07) is 6.82. The van der Waals surface area contributed by atoms with Gasteiger partial charge in [-0.05, 0) is 12.5 Å². The van der Waals surface area contributed by atoms with Gasteiger partial charge in [-0.1, -0.05) is 31.5 Å². The van der Waals surface area contributed by atoms with Crippen LogP contribution in [-0.2, 0) is 19.1 Å². The summed E-state index contributed by atoms with van der Waals surface area (Å²) >= 11 is 0. The third kappa shape index (κ3) is 2.41. The minimum absolute atomic E-state index is 0.287. The van der Waals surface area contributed by atoms with E-state index in [1.54, 1.807) is 13.2 Å². The van der Waals surface area contributed by atoms with E-state index in [0.29, 0.717) is 18.6 Å². The second-order valence-electron chi connectivity index (χ2n) is 6.82. The molecule has 1 aromatic rings. The number of ether oxygens (including phenoxy) is 2. The zero-order chi connectivity index (χ0) is 19.1. The molecule has 0 saturated carbocycles. The summed E-state index contributed by atoms with van der Waals surface area (Å²) in [6.45, 7) is 1.93. The van der Waals surface area contributed by atoms with Crippen molar-refractivity contribution in [1.29, 1.82) is 0 Å². The molecule has 2 aliphatic rings. The summed E-state index contributed by atoms with van der Waals surface area (Å²) in [5.41, 5.74) is -0.472. The van der Waals surface area contributed by atoms with Crippen LogP contribution in [0, 0.1) is 11.8 Å². The van der Waals surface area contributed by atoms with Crippen molar-refractivity contribution >= 4 is 17.8 Å². The Hall–Kier alpha value is -2.41. The number of amides is 2. The highest BCUT2D eigenvalue weighted by Crippen LogP contribution is 2.51. The average molecular weight is 360 g/mol. The largest absolute Gasteiger partial charge is 0.496 e. The highest BCUT2D eigenvalue weighted by atomic mass is 16.5. The number of fused-ring (bicyclic) bond motifs is 1. The smallest absolute Gasteiger partial charge is 0.326 e. The highest BCUT2D eigenvalue weighted by Gasteiger charge is 2.68. The minimum Gasteiger partial charge on any atom is -0.496 e. The van der Waals surface area contributed by atoms with Crippen molar-refractivity contribution in [2.45, 2.75) is 31.3 Å². The summed E-state index contributed by atoms with van der Waals surface area (Å²) < 4.78 is 10.5. The van der Waals surface area contributed by atoms with E-state index in [9.17, 15) is 14.4 Å². The van der Waals surface area contributed by atoms with Crippen LogP contribution in [0.4, 0.5) is 0 Å². The first-order valence-electron chi connectivity index (χ1n) is 8.73. The normalized spacial score (nSPS) is 30.5. The predicted octanol–water partition coefficient (Wildman–Crippen LogP) is 1.28. The van der Waals surface area contributed by atoms with Gasteiger partial charge in [0.2, 0.25) is 11.8 Å². The first-order valence-corrected chi connectivity index (χ1v) is 8.73. The van der Waals surface area contributed by atoms with E-state index in [4.69, 9.17) is 9.47 Å². The molecule has 2 amide bonds. The zero-order valence-corrected chi connectivity index (χ0v) is 15.4. The standard InChI is InChI=1S/C19H24N2O5/c1-5-10-19(18(24)26-4)14-13(16(22)21(2)17(14)23)15(20-19)11-8-6-7-9-12(11)25-3/h6-9,13-15,20H,5,10H2,1-4H3/t13-,14-,15-,19+/m1/s1. The van der Waals surface area contributed by atoms with Crippen molar-refractivity contribution < 1.29 is 23.9 Å². The van der Waals surface area contributed by atoms with Crippen molar-refractivity contribution in [3.8, 4) is 5.75 Å². The van der Waals surface area contributed by atoms with Gasteiger partial charge in [-0.15, -0.1) is 0 Å². The molecule has 1 aromatic carbocycles. The van der Waals surface area contributed by atoms with Crippen molar-refractivity contribution in [3.05, 3.63) is 29.8 Å². The lowest BCUT2D eigenvalue weighted by atomic mass is 9.77. The van der Waals surface area contributed by atoms with Crippen LogP contribution < -0.4 is 10.1 Å². The van der Waals surface area contributed by atoms with Crippen molar-refractivity contribution in [3.63, 3.8) is 0 Å². The van der Waals surface area contributed by atoms with Gasteiger partial charge in [-0.2, -0.15) is 0 Å². The van der Waals surface area contributed by atoms with Gasteiger partial charge in [0.25, 0.3) is 0 Å². The van der Waals surface area contributed by atoms with Gasteiger partial charge in [0.15, 0.2) is 0 Å². The number of nitrogens with zero attached hydrogens (tertiary/aromatic N) is 1. The van der Waals surface area contributed by atoms with E-state index < -0.39 is 29.4 Å². The van der Waals surface area contributed by atoms with E-state index in [-0.39, 0.29) is 11.8 Å². The Bertz CT molecular complexity index is 749.